The minimum absolute atomic E-state index is 0.161. The van der Waals surface area contributed by atoms with E-state index in [1.165, 1.54) is 12.1 Å². The molecule has 2 heterocycles. The van der Waals surface area contributed by atoms with Crippen LogP contribution < -0.4 is 16.6 Å². The number of imidazole rings is 1. The Kier molecular flexibility index (Phi) is 4.00. The first kappa shape index (κ1) is 17.2. The van der Waals surface area contributed by atoms with Gasteiger partial charge in [0.2, 0.25) is 5.91 Å². The van der Waals surface area contributed by atoms with Crippen molar-refractivity contribution < 1.29 is 14.7 Å². The molecule has 0 bridgehead atoms. The molecule has 0 saturated heterocycles. The third-order valence-corrected chi connectivity index (χ3v) is 4.16. The van der Waals surface area contributed by atoms with E-state index in [4.69, 9.17) is 0 Å². The first-order chi connectivity index (χ1) is 13.4. The third kappa shape index (κ3) is 3.03. The van der Waals surface area contributed by atoms with Gasteiger partial charge in [-0.15, -0.1) is 0 Å². The highest BCUT2D eigenvalue weighted by Crippen LogP contribution is 2.15. The van der Waals surface area contributed by atoms with Gasteiger partial charge in [0.1, 0.15) is 6.54 Å². The molecule has 1 amide bonds. The number of rotatable bonds is 4. The van der Waals surface area contributed by atoms with Crippen molar-refractivity contribution in [3.63, 3.8) is 0 Å². The average molecular weight is 379 g/mol. The quantitative estimate of drug-likeness (QED) is 0.414. The van der Waals surface area contributed by atoms with Gasteiger partial charge in [0.15, 0.2) is 5.69 Å². The Bertz CT molecular complexity index is 1360. The van der Waals surface area contributed by atoms with Gasteiger partial charge in [-0.05, 0) is 24.3 Å². The lowest BCUT2D eigenvalue weighted by molar-refractivity contribution is -0.117. The van der Waals surface area contributed by atoms with Crippen LogP contribution in [0.25, 0.3) is 21.8 Å². The van der Waals surface area contributed by atoms with E-state index < -0.39 is 24.0 Å². The molecule has 10 heteroatoms. The van der Waals surface area contributed by atoms with Crippen molar-refractivity contribution in [3.8, 4) is 0 Å². The molecule has 4 rings (SSSR count). The Labute approximate surface area is 155 Å². The zero-order valence-electron chi connectivity index (χ0n) is 14.2. The number of anilines is 1. The second-order valence-electron chi connectivity index (χ2n) is 6.05. The molecular weight excluding hydrogens is 366 g/mol. The first-order valence-corrected chi connectivity index (χ1v) is 8.17. The van der Waals surface area contributed by atoms with E-state index in [2.05, 4.69) is 20.4 Å². The molecule has 2 aromatic carbocycles. The lowest BCUT2D eigenvalue weighted by atomic mass is 10.1. The Morgan fingerprint density at radius 1 is 1.04 bits per heavy atom. The number of hydrogen-bond donors (Lipinski definition) is 4. The number of aromatic amines is 2. The van der Waals surface area contributed by atoms with Crippen LogP contribution in [-0.2, 0) is 11.3 Å². The molecule has 2 aromatic heterocycles. The van der Waals surface area contributed by atoms with Crippen LogP contribution in [0.15, 0.2) is 52.1 Å². The molecule has 4 aromatic rings. The molecular formula is C18H13N5O5. The van der Waals surface area contributed by atoms with Crippen molar-refractivity contribution in [2.75, 3.05) is 5.32 Å². The number of nitrogens with one attached hydrogen (secondary N) is 3. The Morgan fingerprint density at radius 3 is 2.50 bits per heavy atom. The summed E-state index contributed by atoms with van der Waals surface area (Å²) in [5, 5.41) is 16.1. The van der Waals surface area contributed by atoms with Crippen LogP contribution in [0, 0.1) is 0 Å². The van der Waals surface area contributed by atoms with Crippen LogP contribution in [0.1, 0.15) is 10.5 Å². The highest BCUT2D eigenvalue weighted by atomic mass is 16.4. The lowest BCUT2D eigenvalue weighted by Crippen LogP contribution is -2.31. The van der Waals surface area contributed by atoms with Gasteiger partial charge in [-0.1, -0.05) is 18.2 Å². The number of aromatic carboxylic acids is 1. The predicted octanol–water partition coefficient (Wildman–Crippen LogP) is 0.903. The van der Waals surface area contributed by atoms with Crippen molar-refractivity contribution in [1.29, 1.82) is 0 Å². The van der Waals surface area contributed by atoms with Crippen molar-refractivity contribution in [2.24, 2.45) is 0 Å². The number of benzene rings is 2. The number of hydrogen-bond acceptors (Lipinski definition) is 5. The normalized spacial score (nSPS) is 11.0. The number of amides is 1. The summed E-state index contributed by atoms with van der Waals surface area (Å²) in [5.41, 5.74) is 0.251. The summed E-state index contributed by atoms with van der Waals surface area (Å²) in [4.78, 5) is 52.8. The van der Waals surface area contributed by atoms with Crippen LogP contribution in [-0.4, -0.2) is 36.7 Å². The fourth-order valence-corrected chi connectivity index (χ4v) is 2.95. The molecule has 0 radical (unpaired) electrons. The van der Waals surface area contributed by atoms with Gasteiger partial charge < -0.3 is 20.4 Å². The van der Waals surface area contributed by atoms with Gasteiger partial charge in [-0.3, -0.25) is 9.59 Å². The zero-order chi connectivity index (χ0) is 19.8. The Hall–Kier alpha value is -4.21. The summed E-state index contributed by atoms with van der Waals surface area (Å²) in [7, 11) is 0. The van der Waals surface area contributed by atoms with Gasteiger partial charge in [-0.25, -0.2) is 14.3 Å². The summed E-state index contributed by atoms with van der Waals surface area (Å²) < 4.78 is 0.817. The highest BCUT2D eigenvalue weighted by molar-refractivity contribution is 6.01. The minimum Gasteiger partial charge on any atom is -0.476 e. The Balaban J connectivity index is 1.66. The van der Waals surface area contributed by atoms with Gasteiger partial charge in [0, 0.05) is 11.1 Å². The number of carboxylic acids is 1. The molecule has 0 saturated carbocycles. The van der Waals surface area contributed by atoms with E-state index in [0.717, 1.165) is 4.68 Å². The van der Waals surface area contributed by atoms with Crippen LogP contribution in [0.3, 0.4) is 0 Å². The number of aromatic nitrogens is 4. The van der Waals surface area contributed by atoms with Crippen LogP contribution in [0.2, 0.25) is 0 Å². The van der Waals surface area contributed by atoms with Gasteiger partial charge in [-0.2, -0.15) is 5.10 Å². The zero-order valence-corrected chi connectivity index (χ0v) is 14.2. The van der Waals surface area contributed by atoms with Gasteiger partial charge >= 0.3 is 11.7 Å². The SMILES string of the molecule is O=C(Cn1nc(C(=O)O)c2ccccc2c1=O)Nc1ccc2[nH]c(=O)[nH]c2c1. The van der Waals surface area contributed by atoms with Crippen molar-refractivity contribution in [2.45, 2.75) is 6.54 Å². The maximum atomic E-state index is 12.6. The molecule has 0 aliphatic heterocycles. The van der Waals surface area contributed by atoms with Crippen molar-refractivity contribution in [3.05, 3.63) is 69.0 Å². The minimum atomic E-state index is -1.30. The Morgan fingerprint density at radius 2 is 1.75 bits per heavy atom. The molecule has 10 nitrogen and oxygen atoms in total. The van der Waals surface area contributed by atoms with Crippen LogP contribution in [0.4, 0.5) is 5.69 Å². The van der Waals surface area contributed by atoms with E-state index in [1.807, 2.05) is 0 Å². The monoisotopic (exact) mass is 379 g/mol. The maximum absolute atomic E-state index is 12.6. The standard InChI is InChI=1S/C18H13N5O5/c24-14(19-9-5-6-12-13(7-9)21-18(28)20-12)8-23-16(25)11-4-2-1-3-10(11)15(22-23)17(26)27/h1-7H,8H2,(H,19,24)(H,26,27)(H2,20,21,28). The number of carbonyl (C=O) groups is 2. The van der Waals surface area contributed by atoms with E-state index in [1.54, 1.807) is 30.3 Å². The van der Waals surface area contributed by atoms with Crippen LogP contribution in [0.5, 0.6) is 0 Å². The first-order valence-electron chi connectivity index (χ1n) is 8.17. The molecule has 0 unspecified atom stereocenters. The maximum Gasteiger partial charge on any atom is 0.357 e. The molecule has 0 aliphatic rings. The molecule has 0 spiro atoms. The second-order valence-corrected chi connectivity index (χ2v) is 6.05. The summed E-state index contributed by atoms with van der Waals surface area (Å²) in [5.74, 6) is -1.87. The fourth-order valence-electron chi connectivity index (χ4n) is 2.95. The average Bonchev–Trinajstić information content (AvgIpc) is 3.03. The summed E-state index contributed by atoms with van der Waals surface area (Å²) >= 11 is 0. The molecule has 0 fully saturated rings. The predicted molar refractivity (Wildman–Crippen MR) is 101 cm³/mol. The summed E-state index contributed by atoms with van der Waals surface area (Å²) in [6.45, 7) is -0.467. The number of H-pyrrole nitrogens is 2. The molecule has 140 valence electrons. The van der Waals surface area contributed by atoms with Crippen LogP contribution >= 0.6 is 0 Å². The number of nitrogens with zero attached hydrogens (tertiary/aromatic N) is 2. The van der Waals surface area contributed by atoms with Crippen molar-refractivity contribution in [1.82, 2.24) is 19.7 Å². The largest absolute Gasteiger partial charge is 0.476 e. The van der Waals surface area contributed by atoms with Crippen molar-refractivity contribution >= 4 is 39.4 Å². The highest BCUT2D eigenvalue weighted by Gasteiger charge is 2.17. The van der Waals surface area contributed by atoms with E-state index in [0.29, 0.717) is 16.7 Å². The molecule has 28 heavy (non-hydrogen) atoms. The fraction of sp³-hybridized carbons (Fsp3) is 0.0556. The second kappa shape index (κ2) is 6.50. The molecule has 0 aliphatic carbocycles. The van der Waals surface area contributed by atoms with E-state index >= 15 is 0 Å². The molecule has 4 N–H and O–H groups in total. The summed E-state index contributed by atoms with van der Waals surface area (Å²) in [6, 6.07) is 10.9. The van der Waals surface area contributed by atoms with E-state index in [-0.39, 0.29) is 22.2 Å². The number of carboxylic acid groups (broad SMARTS) is 1. The third-order valence-electron chi connectivity index (χ3n) is 4.16. The van der Waals surface area contributed by atoms with E-state index in [9.17, 15) is 24.3 Å². The summed E-state index contributed by atoms with van der Waals surface area (Å²) in [6.07, 6.45) is 0. The number of carbonyl (C=O) groups excluding carboxylic acids is 1. The van der Waals surface area contributed by atoms with Gasteiger partial charge in [0.05, 0.1) is 16.4 Å². The van der Waals surface area contributed by atoms with Gasteiger partial charge in [0.25, 0.3) is 5.56 Å². The molecule has 0 atom stereocenters. The smallest absolute Gasteiger partial charge is 0.357 e. The lowest BCUT2D eigenvalue weighted by Gasteiger charge is -2.09. The topological polar surface area (TPSA) is 150 Å². The number of fused-ring (bicyclic) bond motifs is 2.